The van der Waals surface area contributed by atoms with Gasteiger partial charge in [-0.3, -0.25) is 15.0 Å². The lowest BCUT2D eigenvalue weighted by atomic mass is 9.96. The van der Waals surface area contributed by atoms with Crippen LogP contribution < -0.4 is 10.3 Å². The van der Waals surface area contributed by atoms with Crippen molar-refractivity contribution in [2.24, 2.45) is 5.92 Å². The Morgan fingerprint density at radius 3 is 2.79 bits per heavy atom. The second-order valence-corrected chi connectivity index (χ2v) is 7.35. The molecular weight excluding hydrogens is 352 g/mol. The quantitative estimate of drug-likeness (QED) is 0.739. The first-order valence-electron chi connectivity index (χ1n) is 9.70. The normalized spacial score (nSPS) is 17.9. The predicted octanol–water partition coefficient (Wildman–Crippen LogP) is 3.67. The minimum absolute atomic E-state index is 0.00797. The van der Waals surface area contributed by atoms with Gasteiger partial charge in [-0.25, -0.2) is 9.66 Å². The summed E-state index contributed by atoms with van der Waals surface area (Å²) >= 11 is 0. The van der Waals surface area contributed by atoms with Gasteiger partial charge in [-0.15, -0.1) is 0 Å². The molecule has 1 saturated heterocycles. The average Bonchev–Trinajstić information content (AvgIpc) is 3.31. The lowest BCUT2D eigenvalue weighted by Gasteiger charge is -2.23. The molecule has 0 spiro atoms. The number of benzene rings is 2. The van der Waals surface area contributed by atoms with E-state index in [-0.39, 0.29) is 18.2 Å². The van der Waals surface area contributed by atoms with Gasteiger partial charge in [0.1, 0.15) is 6.33 Å². The van der Waals surface area contributed by atoms with E-state index in [1.54, 1.807) is 15.9 Å². The maximum atomic E-state index is 12.8. The average molecular weight is 376 g/mol. The van der Waals surface area contributed by atoms with Crippen LogP contribution in [0.5, 0.6) is 0 Å². The van der Waals surface area contributed by atoms with Crippen LogP contribution >= 0.6 is 0 Å². The van der Waals surface area contributed by atoms with Crippen molar-refractivity contribution < 1.29 is 9.59 Å². The van der Waals surface area contributed by atoms with Gasteiger partial charge >= 0.3 is 0 Å². The zero-order valence-corrected chi connectivity index (χ0v) is 16.1. The number of nitrogens with one attached hydrogen (secondary N) is 1. The zero-order chi connectivity index (χ0) is 19.7. The van der Waals surface area contributed by atoms with Crippen molar-refractivity contribution in [3.05, 3.63) is 60.4 Å². The van der Waals surface area contributed by atoms with Crippen LogP contribution in [0.4, 0.5) is 5.69 Å². The molecule has 6 heteroatoms. The molecular formula is C22H24N4O2. The number of nitrogens with zero attached hydrogens (tertiary/aromatic N) is 3. The summed E-state index contributed by atoms with van der Waals surface area (Å²) in [6.45, 7) is 4.69. The molecule has 1 aliphatic heterocycles. The number of amides is 2. The van der Waals surface area contributed by atoms with Crippen LogP contribution in [0.2, 0.25) is 0 Å². The van der Waals surface area contributed by atoms with Crippen molar-refractivity contribution >= 4 is 28.5 Å². The molecule has 2 atom stereocenters. The Bertz CT molecular complexity index is 1030. The molecule has 28 heavy (non-hydrogen) atoms. The molecule has 2 amide bonds. The highest BCUT2D eigenvalue weighted by Crippen LogP contribution is 2.33. The van der Waals surface area contributed by atoms with E-state index in [1.807, 2.05) is 42.5 Å². The summed E-state index contributed by atoms with van der Waals surface area (Å²) in [6, 6.07) is 15.6. The van der Waals surface area contributed by atoms with E-state index in [1.165, 1.54) is 0 Å². The SMILES string of the molecule is CCC(C)c1ccccc1N1CC(C(=O)Nn2cnc3ccccc32)CC1=O. The van der Waals surface area contributed by atoms with E-state index in [9.17, 15) is 9.59 Å². The minimum atomic E-state index is -0.390. The second kappa shape index (κ2) is 7.46. The molecule has 1 aliphatic rings. The lowest BCUT2D eigenvalue weighted by Crippen LogP contribution is -2.32. The molecule has 4 rings (SSSR count). The van der Waals surface area contributed by atoms with Gasteiger partial charge in [0.2, 0.25) is 11.8 Å². The number of para-hydroxylation sites is 3. The highest BCUT2D eigenvalue weighted by Gasteiger charge is 2.36. The molecule has 6 nitrogen and oxygen atoms in total. The number of carbonyl (C=O) groups excluding carboxylic acids is 2. The number of aromatic nitrogens is 2. The standard InChI is InChI=1S/C22H24N4O2/c1-3-15(2)17-8-4-6-10-19(17)25-13-16(12-21(25)27)22(28)24-26-14-23-18-9-5-7-11-20(18)26/h4-11,14-16H,3,12-13H2,1-2H3,(H,24,28). The smallest absolute Gasteiger partial charge is 0.244 e. The van der Waals surface area contributed by atoms with Crippen LogP contribution in [-0.4, -0.2) is 28.0 Å². The Balaban J connectivity index is 1.53. The Labute approximate surface area is 164 Å². The topological polar surface area (TPSA) is 67.2 Å². The van der Waals surface area contributed by atoms with Crippen LogP contribution in [0.3, 0.4) is 0 Å². The number of imidazole rings is 1. The van der Waals surface area contributed by atoms with Crippen LogP contribution in [0.15, 0.2) is 54.9 Å². The fourth-order valence-corrected chi connectivity index (χ4v) is 3.74. The first-order chi connectivity index (χ1) is 13.6. The summed E-state index contributed by atoms with van der Waals surface area (Å²) in [5.41, 5.74) is 6.61. The fraction of sp³-hybridized carbons (Fsp3) is 0.318. The number of carbonyl (C=O) groups is 2. The Hall–Kier alpha value is -3.15. The van der Waals surface area contributed by atoms with Crippen molar-refractivity contribution in [3.63, 3.8) is 0 Å². The summed E-state index contributed by atoms with van der Waals surface area (Å²) in [5, 5.41) is 0. The van der Waals surface area contributed by atoms with Crippen molar-refractivity contribution in [3.8, 4) is 0 Å². The highest BCUT2D eigenvalue weighted by atomic mass is 16.2. The van der Waals surface area contributed by atoms with Gasteiger partial charge in [-0.2, -0.15) is 0 Å². The zero-order valence-electron chi connectivity index (χ0n) is 16.1. The predicted molar refractivity (Wildman–Crippen MR) is 110 cm³/mol. The summed E-state index contributed by atoms with van der Waals surface area (Å²) in [6.07, 6.45) is 2.80. The largest absolute Gasteiger partial charge is 0.311 e. The van der Waals surface area contributed by atoms with Crippen molar-refractivity contribution in [1.29, 1.82) is 0 Å². The van der Waals surface area contributed by atoms with Crippen LogP contribution in [-0.2, 0) is 9.59 Å². The molecule has 144 valence electrons. The highest BCUT2D eigenvalue weighted by molar-refractivity contribution is 6.02. The molecule has 0 saturated carbocycles. The Morgan fingerprint density at radius 2 is 1.96 bits per heavy atom. The number of fused-ring (bicyclic) bond motifs is 1. The van der Waals surface area contributed by atoms with E-state index in [4.69, 9.17) is 0 Å². The van der Waals surface area contributed by atoms with Crippen molar-refractivity contribution in [2.75, 3.05) is 16.9 Å². The Morgan fingerprint density at radius 1 is 1.21 bits per heavy atom. The lowest BCUT2D eigenvalue weighted by molar-refractivity contribution is -0.123. The monoisotopic (exact) mass is 376 g/mol. The first kappa shape index (κ1) is 18.2. The fourth-order valence-electron chi connectivity index (χ4n) is 3.74. The maximum absolute atomic E-state index is 12.8. The third kappa shape index (κ3) is 3.26. The van der Waals surface area contributed by atoms with E-state index in [2.05, 4.69) is 30.3 Å². The Kier molecular flexibility index (Phi) is 4.86. The van der Waals surface area contributed by atoms with Crippen molar-refractivity contribution in [2.45, 2.75) is 32.6 Å². The third-order valence-electron chi connectivity index (χ3n) is 5.55. The summed E-state index contributed by atoms with van der Waals surface area (Å²) < 4.78 is 1.62. The third-order valence-corrected chi connectivity index (χ3v) is 5.55. The minimum Gasteiger partial charge on any atom is -0.311 e. The first-order valence-corrected chi connectivity index (χ1v) is 9.70. The molecule has 0 aliphatic carbocycles. The summed E-state index contributed by atoms with van der Waals surface area (Å²) in [7, 11) is 0. The maximum Gasteiger partial charge on any atom is 0.244 e. The van der Waals surface area contributed by atoms with E-state index in [0.717, 1.165) is 28.7 Å². The molecule has 2 unspecified atom stereocenters. The van der Waals surface area contributed by atoms with E-state index in [0.29, 0.717) is 12.5 Å². The van der Waals surface area contributed by atoms with Gasteiger partial charge in [0, 0.05) is 18.7 Å². The van der Waals surface area contributed by atoms with Gasteiger partial charge in [0.25, 0.3) is 0 Å². The van der Waals surface area contributed by atoms with Crippen molar-refractivity contribution in [1.82, 2.24) is 9.66 Å². The van der Waals surface area contributed by atoms with Crippen LogP contribution in [0.25, 0.3) is 11.0 Å². The number of hydrogen-bond donors (Lipinski definition) is 1. The van der Waals surface area contributed by atoms with Crippen LogP contribution in [0.1, 0.15) is 38.2 Å². The molecule has 2 aromatic carbocycles. The number of hydrogen-bond acceptors (Lipinski definition) is 3. The molecule has 2 heterocycles. The molecule has 0 bridgehead atoms. The van der Waals surface area contributed by atoms with Gasteiger partial charge < -0.3 is 4.90 Å². The second-order valence-electron chi connectivity index (χ2n) is 7.35. The van der Waals surface area contributed by atoms with Gasteiger partial charge in [-0.05, 0) is 36.1 Å². The van der Waals surface area contributed by atoms with Crippen LogP contribution in [0, 0.1) is 5.92 Å². The molecule has 3 aromatic rings. The summed E-state index contributed by atoms with van der Waals surface area (Å²) in [4.78, 5) is 31.6. The van der Waals surface area contributed by atoms with Gasteiger partial charge in [0.05, 0.1) is 17.0 Å². The van der Waals surface area contributed by atoms with E-state index >= 15 is 0 Å². The molecule has 1 fully saturated rings. The molecule has 0 radical (unpaired) electrons. The van der Waals surface area contributed by atoms with Gasteiger partial charge in [0.15, 0.2) is 0 Å². The van der Waals surface area contributed by atoms with E-state index < -0.39 is 5.92 Å². The molecule has 1 N–H and O–H groups in total. The summed E-state index contributed by atoms with van der Waals surface area (Å²) in [5.74, 6) is -0.209. The van der Waals surface area contributed by atoms with Gasteiger partial charge in [-0.1, -0.05) is 44.2 Å². The molecule has 1 aromatic heterocycles. The number of rotatable bonds is 5. The number of anilines is 1.